The number of aromatic nitrogens is 2. The summed E-state index contributed by atoms with van der Waals surface area (Å²) in [5.74, 6) is 0.642. The van der Waals surface area contributed by atoms with Crippen LogP contribution >= 0.6 is 12.2 Å². The van der Waals surface area contributed by atoms with Crippen LogP contribution in [0.15, 0.2) is 0 Å². The Morgan fingerprint density at radius 1 is 1.59 bits per heavy atom. The maximum absolute atomic E-state index is 11.5. The third-order valence-electron chi connectivity index (χ3n) is 2.37. The van der Waals surface area contributed by atoms with Gasteiger partial charge in [-0.1, -0.05) is 12.2 Å². The van der Waals surface area contributed by atoms with E-state index in [1.165, 1.54) is 4.90 Å². The molecular weight excluding hydrogens is 238 g/mol. The Labute approximate surface area is 106 Å². The van der Waals surface area contributed by atoms with E-state index in [0.717, 1.165) is 5.69 Å². The predicted molar refractivity (Wildman–Crippen MR) is 71.0 cm³/mol. The molecule has 6 nitrogen and oxygen atoms in total. The molecule has 0 aliphatic heterocycles. The molecule has 0 unspecified atom stereocenters. The largest absolute Gasteiger partial charge is 0.389 e. The highest BCUT2D eigenvalue weighted by Crippen LogP contribution is 2.18. The second-order valence-electron chi connectivity index (χ2n) is 3.94. The van der Waals surface area contributed by atoms with Gasteiger partial charge in [-0.25, -0.2) is 0 Å². The molecule has 0 saturated carbocycles. The Kier molecular flexibility index (Phi) is 4.06. The van der Waals surface area contributed by atoms with Crippen LogP contribution in [0.5, 0.6) is 0 Å². The number of aryl methyl sites for hydroxylation is 2. The van der Waals surface area contributed by atoms with Crippen molar-refractivity contribution in [3.8, 4) is 0 Å². The normalized spacial score (nSPS) is 10.1. The third-order valence-corrected chi connectivity index (χ3v) is 2.58. The molecule has 1 amide bonds. The molecule has 0 aliphatic rings. The second kappa shape index (κ2) is 5.13. The number of likely N-dealkylation sites (N-methyl/N-ethyl adjacent to an activating group) is 1. The minimum absolute atomic E-state index is 0.0299. The van der Waals surface area contributed by atoms with Crippen LogP contribution in [0, 0.1) is 6.92 Å². The lowest BCUT2D eigenvalue weighted by Gasteiger charge is -2.12. The van der Waals surface area contributed by atoms with E-state index >= 15 is 0 Å². The number of nitrogens with two attached hydrogens (primary N) is 1. The molecule has 0 radical (unpaired) electrons. The van der Waals surface area contributed by atoms with Crippen molar-refractivity contribution in [3.05, 3.63) is 11.3 Å². The van der Waals surface area contributed by atoms with E-state index in [9.17, 15) is 4.79 Å². The quantitative estimate of drug-likeness (QED) is 0.733. The molecule has 1 rings (SSSR count). The van der Waals surface area contributed by atoms with E-state index in [1.54, 1.807) is 25.8 Å². The summed E-state index contributed by atoms with van der Waals surface area (Å²) in [4.78, 5) is 13.3. The number of carbonyl (C=O) groups excluding carboxylic acids is 1. The van der Waals surface area contributed by atoms with Crippen molar-refractivity contribution >= 4 is 28.9 Å². The molecule has 3 N–H and O–H groups in total. The van der Waals surface area contributed by atoms with Crippen LogP contribution in [0.25, 0.3) is 0 Å². The summed E-state index contributed by atoms with van der Waals surface area (Å²) in [6.07, 6.45) is 0. The van der Waals surface area contributed by atoms with Crippen molar-refractivity contribution in [2.75, 3.05) is 26.0 Å². The minimum atomic E-state index is -0.0299. The van der Waals surface area contributed by atoms with Gasteiger partial charge in [0.05, 0.1) is 17.8 Å². The molecule has 0 aromatic carbocycles. The van der Waals surface area contributed by atoms with Crippen LogP contribution in [-0.2, 0) is 11.8 Å². The summed E-state index contributed by atoms with van der Waals surface area (Å²) >= 11 is 4.97. The second-order valence-corrected chi connectivity index (χ2v) is 4.38. The smallest absolute Gasteiger partial charge is 0.241 e. The minimum Gasteiger partial charge on any atom is -0.389 e. The summed E-state index contributed by atoms with van der Waals surface area (Å²) < 4.78 is 1.63. The predicted octanol–water partition coefficient (Wildman–Crippen LogP) is -0.137. The van der Waals surface area contributed by atoms with Gasteiger partial charge in [0.1, 0.15) is 10.8 Å². The van der Waals surface area contributed by atoms with Gasteiger partial charge in [-0.05, 0) is 6.92 Å². The van der Waals surface area contributed by atoms with Crippen molar-refractivity contribution in [2.24, 2.45) is 12.8 Å². The zero-order valence-electron chi connectivity index (χ0n) is 10.4. The van der Waals surface area contributed by atoms with Crippen LogP contribution in [0.3, 0.4) is 0 Å². The Balaban J connectivity index is 2.91. The summed E-state index contributed by atoms with van der Waals surface area (Å²) in [7, 11) is 5.18. The first kappa shape index (κ1) is 13.4. The molecule has 17 heavy (non-hydrogen) atoms. The summed E-state index contributed by atoms with van der Waals surface area (Å²) in [5, 5.41) is 7.22. The van der Waals surface area contributed by atoms with Crippen molar-refractivity contribution in [1.82, 2.24) is 14.7 Å². The maximum Gasteiger partial charge on any atom is 0.241 e. The number of carbonyl (C=O) groups is 1. The Morgan fingerprint density at radius 3 is 2.65 bits per heavy atom. The van der Waals surface area contributed by atoms with Gasteiger partial charge in [0.25, 0.3) is 0 Å². The number of nitrogens with one attached hydrogen (secondary N) is 1. The zero-order chi connectivity index (χ0) is 13.2. The number of nitrogens with zero attached hydrogens (tertiary/aromatic N) is 3. The van der Waals surface area contributed by atoms with Crippen LogP contribution in [0.4, 0.5) is 5.82 Å². The van der Waals surface area contributed by atoms with Crippen molar-refractivity contribution in [1.29, 1.82) is 0 Å². The number of anilines is 1. The van der Waals surface area contributed by atoms with Gasteiger partial charge in [-0.3, -0.25) is 9.48 Å². The molecular formula is C10H17N5OS. The van der Waals surface area contributed by atoms with Crippen LogP contribution in [-0.4, -0.2) is 46.2 Å². The molecule has 0 fully saturated rings. The standard InChI is InChI=1S/C10H17N5OS/c1-6-8(9(11)17)10(15(4)13-6)12-5-7(16)14(2)3/h12H,5H2,1-4H3,(H2,11,17). The van der Waals surface area contributed by atoms with E-state index in [2.05, 4.69) is 10.4 Å². The maximum atomic E-state index is 11.5. The molecule has 0 atom stereocenters. The molecule has 0 spiro atoms. The van der Waals surface area contributed by atoms with Crippen molar-refractivity contribution < 1.29 is 4.79 Å². The fourth-order valence-corrected chi connectivity index (χ4v) is 1.72. The summed E-state index contributed by atoms with van der Waals surface area (Å²) in [6, 6.07) is 0. The number of hydrogen-bond acceptors (Lipinski definition) is 4. The molecule has 94 valence electrons. The highest BCUT2D eigenvalue weighted by atomic mass is 32.1. The zero-order valence-corrected chi connectivity index (χ0v) is 11.3. The first-order valence-corrected chi connectivity index (χ1v) is 5.52. The lowest BCUT2D eigenvalue weighted by atomic mass is 10.2. The SMILES string of the molecule is Cc1nn(C)c(NCC(=O)N(C)C)c1C(N)=S. The highest BCUT2D eigenvalue weighted by Gasteiger charge is 2.16. The Bertz CT molecular complexity index is 452. The summed E-state index contributed by atoms with van der Waals surface area (Å²) in [6.45, 7) is 2.01. The lowest BCUT2D eigenvalue weighted by molar-refractivity contribution is -0.126. The molecule has 1 heterocycles. The number of hydrogen-bond donors (Lipinski definition) is 2. The Hall–Kier alpha value is -1.63. The third kappa shape index (κ3) is 2.94. The molecule has 7 heteroatoms. The van der Waals surface area contributed by atoms with Gasteiger partial charge in [0.2, 0.25) is 5.91 Å². The van der Waals surface area contributed by atoms with Gasteiger partial charge in [0, 0.05) is 21.1 Å². The van der Waals surface area contributed by atoms with Gasteiger partial charge in [-0.2, -0.15) is 5.10 Å². The number of rotatable bonds is 4. The number of thiocarbonyl (C=S) groups is 1. The van der Waals surface area contributed by atoms with E-state index in [-0.39, 0.29) is 17.4 Å². The van der Waals surface area contributed by atoms with Gasteiger partial charge >= 0.3 is 0 Å². The summed E-state index contributed by atoms with van der Waals surface area (Å²) in [5.41, 5.74) is 7.08. The van der Waals surface area contributed by atoms with Crippen LogP contribution in [0.2, 0.25) is 0 Å². The van der Waals surface area contributed by atoms with Gasteiger partial charge in [-0.15, -0.1) is 0 Å². The highest BCUT2D eigenvalue weighted by molar-refractivity contribution is 7.80. The van der Waals surface area contributed by atoms with E-state index in [1.807, 2.05) is 6.92 Å². The average molecular weight is 255 g/mol. The van der Waals surface area contributed by atoms with E-state index in [4.69, 9.17) is 18.0 Å². The molecule has 0 bridgehead atoms. The average Bonchev–Trinajstić information content (AvgIpc) is 2.49. The fourth-order valence-electron chi connectivity index (χ4n) is 1.47. The monoisotopic (exact) mass is 255 g/mol. The van der Waals surface area contributed by atoms with E-state index in [0.29, 0.717) is 11.4 Å². The fraction of sp³-hybridized carbons (Fsp3) is 0.500. The molecule has 1 aromatic rings. The first-order chi connectivity index (χ1) is 7.84. The Morgan fingerprint density at radius 2 is 2.18 bits per heavy atom. The molecule has 0 saturated heterocycles. The van der Waals surface area contributed by atoms with Gasteiger partial charge < -0.3 is 16.0 Å². The van der Waals surface area contributed by atoms with E-state index < -0.39 is 0 Å². The van der Waals surface area contributed by atoms with Crippen LogP contribution < -0.4 is 11.1 Å². The number of amides is 1. The van der Waals surface area contributed by atoms with Crippen molar-refractivity contribution in [3.63, 3.8) is 0 Å². The topological polar surface area (TPSA) is 76.2 Å². The molecule has 1 aromatic heterocycles. The molecule has 0 aliphatic carbocycles. The lowest BCUT2D eigenvalue weighted by Crippen LogP contribution is -2.29. The van der Waals surface area contributed by atoms with Crippen LogP contribution in [0.1, 0.15) is 11.3 Å². The van der Waals surface area contributed by atoms with Crippen molar-refractivity contribution in [2.45, 2.75) is 6.92 Å². The van der Waals surface area contributed by atoms with Gasteiger partial charge in [0.15, 0.2) is 0 Å². The first-order valence-electron chi connectivity index (χ1n) is 5.12.